The fourth-order valence-electron chi connectivity index (χ4n) is 2.06. The number of aryl methyl sites for hydroxylation is 1. The summed E-state index contributed by atoms with van der Waals surface area (Å²) in [5.74, 6) is 0.307. The quantitative estimate of drug-likeness (QED) is 0.795. The van der Waals surface area contributed by atoms with Crippen LogP contribution < -0.4 is 0 Å². The van der Waals surface area contributed by atoms with Crippen LogP contribution in [-0.4, -0.2) is 30.8 Å². The van der Waals surface area contributed by atoms with Crippen molar-refractivity contribution in [3.63, 3.8) is 0 Å². The molecule has 4 nitrogen and oxygen atoms in total. The van der Waals surface area contributed by atoms with Crippen molar-refractivity contribution < 1.29 is 13.2 Å². The third kappa shape index (κ3) is 2.35. The highest BCUT2D eigenvalue weighted by Crippen LogP contribution is 2.22. The van der Waals surface area contributed by atoms with Crippen LogP contribution in [0.5, 0.6) is 0 Å². The van der Waals surface area contributed by atoms with Crippen LogP contribution in [0.15, 0.2) is 12.3 Å². The van der Waals surface area contributed by atoms with Crippen molar-refractivity contribution in [3.8, 4) is 0 Å². The lowest BCUT2D eigenvalue weighted by molar-refractivity contribution is 0.0972. The van der Waals surface area contributed by atoms with Crippen LogP contribution >= 0.6 is 0 Å². The van der Waals surface area contributed by atoms with Gasteiger partial charge in [-0.2, -0.15) is 0 Å². The van der Waals surface area contributed by atoms with Gasteiger partial charge in [0.1, 0.15) is 9.84 Å². The molecule has 0 radical (unpaired) electrons. The number of carbonyl (C=O) groups excluding carboxylic acids is 1. The van der Waals surface area contributed by atoms with Gasteiger partial charge in [0.25, 0.3) is 0 Å². The molecule has 1 aliphatic carbocycles. The molecule has 0 aromatic carbocycles. The van der Waals surface area contributed by atoms with Crippen molar-refractivity contribution in [3.05, 3.63) is 23.5 Å². The molecule has 0 N–H and O–H groups in total. The highest BCUT2D eigenvalue weighted by atomic mass is 32.2. The van der Waals surface area contributed by atoms with E-state index in [-0.39, 0.29) is 11.5 Å². The summed E-state index contributed by atoms with van der Waals surface area (Å²) < 4.78 is 24.1. The largest absolute Gasteiger partial charge is 0.350 e. The van der Waals surface area contributed by atoms with Gasteiger partial charge in [-0.15, -0.1) is 0 Å². The van der Waals surface area contributed by atoms with Crippen LogP contribution in [0.3, 0.4) is 0 Å². The Hall–Kier alpha value is -1.10. The summed E-state index contributed by atoms with van der Waals surface area (Å²) in [7, 11) is -2.95. The summed E-state index contributed by atoms with van der Waals surface area (Å²) in [6.07, 6.45) is 5.41. The average Bonchev–Trinajstić information content (AvgIpc) is 2.58. The molecule has 1 aromatic rings. The first-order valence-electron chi connectivity index (χ1n) is 5.36. The number of sulfone groups is 1. The van der Waals surface area contributed by atoms with E-state index in [1.54, 1.807) is 6.07 Å². The summed E-state index contributed by atoms with van der Waals surface area (Å²) in [5, 5.41) is 0. The Labute approximate surface area is 95.2 Å². The number of aromatic nitrogens is 1. The third-order valence-corrected chi connectivity index (χ3v) is 3.82. The Balaban J connectivity index is 2.21. The molecule has 0 aliphatic heterocycles. The monoisotopic (exact) mass is 241 g/mol. The highest BCUT2D eigenvalue weighted by Gasteiger charge is 2.20. The van der Waals surface area contributed by atoms with Gasteiger partial charge in [-0.25, -0.2) is 8.42 Å². The van der Waals surface area contributed by atoms with Crippen LogP contribution in [0.2, 0.25) is 0 Å². The minimum absolute atomic E-state index is 0.127. The maximum absolute atomic E-state index is 11.6. The number of ketones is 1. The van der Waals surface area contributed by atoms with Gasteiger partial charge in [-0.1, -0.05) is 0 Å². The minimum atomic E-state index is -2.95. The summed E-state index contributed by atoms with van der Waals surface area (Å²) in [4.78, 5) is 11.6. The van der Waals surface area contributed by atoms with E-state index in [9.17, 15) is 13.2 Å². The van der Waals surface area contributed by atoms with E-state index in [4.69, 9.17) is 0 Å². The van der Waals surface area contributed by atoms with Gasteiger partial charge in [0.15, 0.2) is 5.78 Å². The topological polar surface area (TPSA) is 56.1 Å². The van der Waals surface area contributed by atoms with E-state index in [0.29, 0.717) is 13.0 Å². The van der Waals surface area contributed by atoms with Crippen LogP contribution in [0, 0.1) is 0 Å². The van der Waals surface area contributed by atoms with Crippen molar-refractivity contribution in [2.24, 2.45) is 0 Å². The first-order valence-corrected chi connectivity index (χ1v) is 7.42. The molecule has 2 rings (SSSR count). The number of fused-ring (bicyclic) bond motifs is 1. The third-order valence-electron chi connectivity index (χ3n) is 2.90. The number of carbonyl (C=O) groups is 1. The van der Waals surface area contributed by atoms with Crippen LogP contribution in [0.1, 0.15) is 28.9 Å². The molecule has 0 bridgehead atoms. The van der Waals surface area contributed by atoms with Crippen molar-refractivity contribution in [2.45, 2.75) is 25.8 Å². The molecule has 0 fully saturated rings. The SMILES string of the molecule is CS(=O)(=O)CCn1ccc2c1CCCC2=O. The first-order chi connectivity index (χ1) is 7.47. The van der Waals surface area contributed by atoms with Gasteiger partial charge < -0.3 is 4.57 Å². The van der Waals surface area contributed by atoms with E-state index in [2.05, 4.69) is 0 Å². The molecule has 0 saturated heterocycles. The minimum Gasteiger partial charge on any atom is -0.350 e. The van der Waals surface area contributed by atoms with Crippen molar-refractivity contribution >= 4 is 15.6 Å². The number of nitrogens with zero attached hydrogens (tertiary/aromatic N) is 1. The average molecular weight is 241 g/mol. The number of rotatable bonds is 3. The number of hydrogen-bond donors (Lipinski definition) is 0. The molecule has 0 saturated carbocycles. The predicted octanol–water partition coefficient (Wildman–Crippen LogP) is 1.05. The van der Waals surface area contributed by atoms with E-state index in [1.807, 2.05) is 10.8 Å². The molecule has 0 spiro atoms. The molecule has 16 heavy (non-hydrogen) atoms. The van der Waals surface area contributed by atoms with Crippen molar-refractivity contribution in [2.75, 3.05) is 12.0 Å². The lowest BCUT2D eigenvalue weighted by Crippen LogP contribution is -2.16. The molecule has 88 valence electrons. The van der Waals surface area contributed by atoms with Gasteiger partial charge in [-0.3, -0.25) is 4.79 Å². The van der Waals surface area contributed by atoms with Crippen LogP contribution in [0.25, 0.3) is 0 Å². The summed E-state index contributed by atoms with van der Waals surface area (Å²) in [6, 6.07) is 1.80. The standard InChI is InChI=1S/C11H15NO3S/c1-16(14,15)8-7-12-6-5-9-10(12)3-2-4-11(9)13/h5-6H,2-4,7-8H2,1H3. The summed E-state index contributed by atoms with van der Waals surface area (Å²) in [6.45, 7) is 0.446. The van der Waals surface area contributed by atoms with Crippen LogP contribution in [0.4, 0.5) is 0 Å². The van der Waals surface area contributed by atoms with Crippen LogP contribution in [-0.2, 0) is 22.8 Å². The summed E-state index contributed by atoms with van der Waals surface area (Å²) >= 11 is 0. The Morgan fingerprint density at radius 3 is 2.81 bits per heavy atom. The van der Waals surface area contributed by atoms with Crippen molar-refractivity contribution in [1.82, 2.24) is 4.57 Å². The maximum atomic E-state index is 11.6. The molecule has 1 aromatic heterocycles. The van der Waals surface area contributed by atoms with Gasteiger partial charge >= 0.3 is 0 Å². The normalized spacial score (nSPS) is 16.2. The maximum Gasteiger partial charge on any atom is 0.164 e. The highest BCUT2D eigenvalue weighted by molar-refractivity contribution is 7.90. The van der Waals surface area contributed by atoms with Crippen molar-refractivity contribution in [1.29, 1.82) is 0 Å². The molecule has 0 atom stereocenters. The summed E-state index contributed by atoms with van der Waals surface area (Å²) in [5.41, 5.74) is 1.78. The Morgan fingerprint density at radius 2 is 2.12 bits per heavy atom. The van der Waals surface area contributed by atoms with Gasteiger partial charge in [-0.05, 0) is 18.9 Å². The van der Waals surface area contributed by atoms with E-state index < -0.39 is 9.84 Å². The molecular weight excluding hydrogens is 226 g/mol. The Kier molecular flexibility index (Phi) is 2.88. The lowest BCUT2D eigenvalue weighted by atomic mass is 9.97. The second-order valence-corrected chi connectivity index (χ2v) is 6.54. The molecule has 0 amide bonds. The number of Topliss-reactive ketones (excluding diaryl/α,β-unsaturated/α-hetero) is 1. The van der Waals surface area contributed by atoms with Gasteiger partial charge in [0.05, 0.1) is 5.75 Å². The second kappa shape index (κ2) is 4.05. The lowest BCUT2D eigenvalue weighted by Gasteiger charge is -2.14. The molecule has 0 unspecified atom stereocenters. The zero-order chi connectivity index (χ0) is 11.8. The zero-order valence-corrected chi connectivity index (χ0v) is 10.1. The first kappa shape index (κ1) is 11.4. The Morgan fingerprint density at radius 1 is 1.38 bits per heavy atom. The fraction of sp³-hybridized carbons (Fsp3) is 0.545. The van der Waals surface area contributed by atoms with E-state index in [0.717, 1.165) is 24.1 Å². The zero-order valence-electron chi connectivity index (χ0n) is 9.27. The second-order valence-electron chi connectivity index (χ2n) is 4.28. The van der Waals surface area contributed by atoms with Gasteiger partial charge in [0, 0.05) is 36.7 Å². The predicted molar refractivity (Wildman–Crippen MR) is 61.4 cm³/mol. The smallest absolute Gasteiger partial charge is 0.164 e. The molecule has 5 heteroatoms. The Bertz CT molecular complexity index is 513. The van der Waals surface area contributed by atoms with E-state index in [1.165, 1.54) is 6.26 Å². The number of hydrogen-bond acceptors (Lipinski definition) is 3. The molecular formula is C11H15NO3S. The fourth-order valence-corrected chi connectivity index (χ4v) is 2.59. The van der Waals surface area contributed by atoms with E-state index >= 15 is 0 Å². The van der Waals surface area contributed by atoms with Gasteiger partial charge in [0.2, 0.25) is 0 Å². The molecule has 1 heterocycles. The molecule has 1 aliphatic rings.